The van der Waals surface area contributed by atoms with Crippen molar-refractivity contribution >= 4 is 23.8 Å². The fourth-order valence-corrected chi connectivity index (χ4v) is 4.92. The Bertz CT molecular complexity index is 1030. The third-order valence-electron chi connectivity index (χ3n) is 6.84. The van der Waals surface area contributed by atoms with Crippen LogP contribution in [0.3, 0.4) is 0 Å². The molecule has 1 aromatic carbocycles. The summed E-state index contributed by atoms with van der Waals surface area (Å²) in [4.78, 5) is 53.2. The van der Waals surface area contributed by atoms with Gasteiger partial charge in [0.1, 0.15) is 12.2 Å². The van der Waals surface area contributed by atoms with Gasteiger partial charge in [0.2, 0.25) is 11.8 Å². The number of amides is 2. The SMILES string of the molecule is C=CC[C@H](CC(=O)OC(C)(C)C)C(=O)OC[C@@H]1CCCN1C(=O)[C@@H](CC=C)CC(=O)N[C@H](CO)Cc1ccccc1. The molecule has 1 saturated heterocycles. The predicted molar refractivity (Wildman–Crippen MR) is 157 cm³/mol. The fourth-order valence-electron chi connectivity index (χ4n) is 4.92. The molecule has 226 valence electrons. The number of hydrogen-bond acceptors (Lipinski definition) is 7. The minimum Gasteiger partial charge on any atom is -0.463 e. The highest BCUT2D eigenvalue weighted by molar-refractivity contribution is 5.86. The van der Waals surface area contributed by atoms with Crippen LogP contribution in [0.4, 0.5) is 0 Å². The lowest BCUT2D eigenvalue weighted by Crippen LogP contribution is -2.45. The van der Waals surface area contributed by atoms with Crippen LogP contribution in [0.2, 0.25) is 0 Å². The molecule has 2 rings (SSSR count). The molecule has 0 unspecified atom stereocenters. The molecule has 1 aromatic rings. The Hall–Kier alpha value is -3.46. The Morgan fingerprint density at radius 3 is 2.34 bits per heavy atom. The van der Waals surface area contributed by atoms with E-state index in [1.807, 2.05) is 30.3 Å². The zero-order chi connectivity index (χ0) is 30.4. The molecule has 4 atom stereocenters. The van der Waals surface area contributed by atoms with E-state index >= 15 is 0 Å². The van der Waals surface area contributed by atoms with Crippen molar-refractivity contribution in [3.05, 3.63) is 61.2 Å². The lowest BCUT2D eigenvalue weighted by Gasteiger charge is -2.29. The van der Waals surface area contributed by atoms with E-state index in [4.69, 9.17) is 9.47 Å². The van der Waals surface area contributed by atoms with E-state index in [0.29, 0.717) is 25.8 Å². The molecule has 9 nitrogen and oxygen atoms in total. The maximum atomic E-state index is 13.5. The van der Waals surface area contributed by atoms with E-state index in [9.17, 15) is 24.3 Å². The van der Waals surface area contributed by atoms with Crippen molar-refractivity contribution < 1.29 is 33.8 Å². The first kappa shape index (κ1) is 33.7. The summed E-state index contributed by atoms with van der Waals surface area (Å²) < 4.78 is 10.9. The number of rotatable bonds is 16. The van der Waals surface area contributed by atoms with Gasteiger partial charge in [-0.1, -0.05) is 42.5 Å². The Morgan fingerprint density at radius 1 is 1.07 bits per heavy atom. The molecule has 1 aliphatic rings. The number of aliphatic hydroxyl groups excluding tert-OH is 1. The molecule has 41 heavy (non-hydrogen) atoms. The maximum Gasteiger partial charge on any atom is 0.309 e. The number of ether oxygens (including phenoxy) is 2. The minimum absolute atomic E-state index is 0.00318. The van der Waals surface area contributed by atoms with E-state index in [-0.39, 0.29) is 50.3 Å². The Morgan fingerprint density at radius 2 is 1.73 bits per heavy atom. The van der Waals surface area contributed by atoms with Gasteiger partial charge in [-0.25, -0.2) is 0 Å². The monoisotopic (exact) mass is 570 g/mol. The number of hydrogen-bond donors (Lipinski definition) is 2. The lowest BCUT2D eigenvalue weighted by atomic mass is 9.98. The highest BCUT2D eigenvalue weighted by Gasteiger charge is 2.35. The van der Waals surface area contributed by atoms with Crippen molar-refractivity contribution in [2.24, 2.45) is 11.8 Å². The van der Waals surface area contributed by atoms with E-state index in [2.05, 4.69) is 18.5 Å². The van der Waals surface area contributed by atoms with Crippen LogP contribution in [-0.4, -0.2) is 71.2 Å². The normalized spacial score (nSPS) is 17.2. The first-order valence-corrected chi connectivity index (χ1v) is 14.3. The van der Waals surface area contributed by atoms with E-state index in [1.165, 1.54) is 0 Å². The quantitative estimate of drug-likeness (QED) is 0.229. The first-order chi connectivity index (χ1) is 19.5. The van der Waals surface area contributed by atoms with Crippen LogP contribution in [0.25, 0.3) is 0 Å². The minimum atomic E-state index is -0.722. The highest BCUT2D eigenvalue weighted by Crippen LogP contribution is 2.24. The van der Waals surface area contributed by atoms with E-state index < -0.39 is 35.4 Å². The number of nitrogens with zero attached hydrogens (tertiary/aromatic N) is 1. The Kier molecular flexibility index (Phi) is 13.8. The molecule has 2 amide bonds. The zero-order valence-corrected chi connectivity index (χ0v) is 24.7. The van der Waals surface area contributed by atoms with Crippen molar-refractivity contribution in [2.45, 2.75) is 83.4 Å². The number of allylic oxidation sites excluding steroid dienone is 2. The van der Waals surface area contributed by atoms with Gasteiger partial charge in [0, 0.05) is 13.0 Å². The average Bonchev–Trinajstić information content (AvgIpc) is 3.38. The molecular weight excluding hydrogens is 524 g/mol. The van der Waals surface area contributed by atoms with Gasteiger partial charge in [-0.2, -0.15) is 0 Å². The smallest absolute Gasteiger partial charge is 0.309 e. The van der Waals surface area contributed by atoms with Gasteiger partial charge >= 0.3 is 11.9 Å². The van der Waals surface area contributed by atoms with E-state index in [0.717, 1.165) is 12.0 Å². The average molecular weight is 571 g/mol. The summed E-state index contributed by atoms with van der Waals surface area (Å²) in [5.74, 6) is -2.89. The summed E-state index contributed by atoms with van der Waals surface area (Å²) in [6.45, 7) is 13.0. The highest BCUT2D eigenvalue weighted by atomic mass is 16.6. The van der Waals surface area contributed by atoms with E-state index in [1.54, 1.807) is 37.8 Å². The summed E-state index contributed by atoms with van der Waals surface area (Å²) in [7, 11) is 0. The molecule has 9 heteroatoms. The molecule has 1 heterocycles. The predicted octanol–water partition coefficient (Wildman–Crippen LogP) is 3.75. The van der Waals surface area contributed by atoms with Crippen LogP contribution in [0, 0.1) is 11.8 Å². The molecule has 0 aromatic heterocycles. The number of carbonyl (C=O) groups excluding carboxylic acids is 4. The van der Waals surface area contributed by atoms with Crippen LogP contribution in [-0.2, 0) is 35.1 Å². The van der Waals surface area contributed by atoms with Crippen LogP contribution in [0.15, 0.2) is 55.6 Å². The summed E-state index contributed by atoms with van der Waals surface area (Å²) in [5.41, 5.74) is 0.325. The van der Waals surface area contributed by atoms with Gasteiger partial charge in [0.05, 0.1) is 36.9 Å². The van der Waals surface area contributed by atoms with Crippen LogP contribution < -0.4 is 5.32 Å². The molecule has 2 N–H and O–H groups in total. The van der Waals surface area contributed by atoms with Gasteiger partial charge in [0.15, 0.2) is 0 Å². The molecule has 0 saturated carbocycles. The number of nitrogens with one attached hydrogen (secondary N) is 1. The van der Waals surface area contributed by atoms with Gasteiger partial charge < -0.3 is 24.8 Å². The molecule has 1 aliphatic heterocycles. The molecule has 0 radical (unpaired) electrons. The second-order valence-corrected chi connectivity index (χ2v) is 11.5. The standard InChI is InChI=1S/C32H46N2O7/c1-6-12-24(19-28(36)33-26(21-35)18-23-14-9-8-10-15-23)30(38)34-17-11-16-27(34)22-40-31(39)25(13-7-2)20-29(37)41-32(3,4)5/h6-10,14-15,24-27,35H,1-2,11-13,16-22H2,3-5H3,(H,33,36)/t24-,25+,26-,27-/m0/s1. The summed E-state index contributed by atoms with van der Waals surface area (Å²) in [5, 5.41) is 12.6. The third kappa shape index (κ3) is 11.9. The second-order valence-electron chi connectivity index (χ2n) is 11.5. The van der Waals surface area contributed by atoms with Gasteiger partial charge in [-0.15, -0.1) is 13.2 Å². The third-order valence-corrected chi connectivity index (χ3v) is 6.84. The van der Waals surface area contributed by atoms with Crippen LogP contribution in [0.5, 0.6) is 0 Å². The number of esters is 2. The Balaban J connectivity index is 1.97. The largest absolute Gasteiger partial charge is 0.463 e. The summed E-state index contributed by atoms with van der Waals surface area (Å²) in [6, 6.07) is 8.76. The topological polar surface area (TPSA) is 122 Å². The summed E-state index contributed by atoms with van der Waals surface area (Å²) in [6.07, 6.45) is 5.48. The van der Waals surface area contributed by atoms with Crippen molar-refractivity contribution in [3.63, 3.8) is 0 Å². The van der Waals surface area contributed by atoms with Gasteiger partial charge in [0.25, 0.3) is 0 Å². The fraction of sp³-hybridized carbons (Fsp3) is 0.562. The molecule has 0 aliphatic carbocycles. The first-order valence-electron chi connectivity index (χ1n) is 14.3. The molecular formula is C32H46N2O7. The molecule has 0 spiro atoms. The lowest BCUT2D eigenvalue weighted by molar-refractivity contribution is -0.162. The second kappa shape index (κ2) is 16.7. The van der Waals surface area contributed by atoms with Crippen molar-refractivity contribution in [2.75, 3.05) is 19.8 Å². The number of carbonyl (C=O) groups is 4. The Labute approximate surface area is 244 Å². The molecule has 0 bridgehead atoms. The van der Waals surface area contributed by atoms with Gasteiger partial charge in [-0.05, 0) is 58.4 Å². The van der Waals surface area contributed by atoms with Crippen molar-refractivity contribution in [1.82, 2.24) is 10.2 Å². The number of aliphatic hydroxyl groups is 1. The number of benzene rings is 1. The zero-order valence-electron chi connectivity index (χ0n) is 24.7. The van der Waals surface area contributed by atoms with Crippen LogP contribution >= 0.6 is 0 Å². The molecule has 1 fully saturated rings. The van der Waals surface area contributed by atoms with Crippen LogP contribution in [0.1, 0.15) is 64.9 Å². The van der Waals surface area contributed by atoms with Crippen molar-refractivity contribution in [1.29, 1.82) is 0 Å². The van der Waals surface area contributed by atoms with Gasteiger partial charge in [-0.3, -0.25) is 19.2 Å². The summed E-state index contributed by atoms with van der Waals surface area (Å²) >= 11 is 0. The maximum absolute atomic E-state index is 13.5. The number of likely N-dealkylation sites (tertiary alicyclic amines) is 1. The van der Waals surface area contributed by atoms with Crippen molar-refractivity contribution in [3.8, 4) is 0 Å².